The van der Waals surface area contributed by atoms with Crippen molar-refractivity contribution < 1.29 is 4.74 Å². The van der Waals surface area contributed by atoms with E-state index in [1.54, 1.807) is 0 Å². The smallest absolute Gasteiger partial charge is 0.0986 e. The Morgan fingerprint density at radius 1 is 1.44 bits per heavy atom. The summed E-state index contributed by atoms with van der Waals surface area (Å²) in [6.45, 7) is 1.78. The lowest BCUT2D eigenvalue weighted by molar-refractivity contribution is 0.194. The van der Waals surface area contributed by atoms with E-state index in [9.17, 15) is 0 Å². The lowest BCUT2D eigenvalue weighted by Gasteiger charge is -2.20. The van der Waals surface area contributed by atoms with Crippen molar-refractivity contribution >= 4 is 11.3 Å². The van der Waals surface area contributed by atoms with Crippen LogP contribution in [0.4, 0.5) is 0 Å². The van der Waals surface area contributed by atoms with Crippen molar-refractivity contribution in [3.8, 4) is 0 Å². The molecule has 0 saturated carbocycles. The summed E-state index contributed by atoms with van der Waals surface area (Å²) in [6.07, 6.45) is 4.84. The van der Waals surface area contributed by atoms with Crippen molar-refractivity contribution in [2.24, 2.45) is 0 Å². The highest BCUT2D eigenvalue weighted by Gasteiger charge is 2.27. The lowest BCUT2D eigenvalue weighted by Crippen LogP contribution is -2.19. The molecule has 0 bridgehead atoms. The molecule has 0 aromatic carbocycles. The molecule has 2 atom stereocenters. The Labute approximate surface area is 100 Å². The third kappa shape index (κ3) is 1.79. The number of hydrogen-bond donors (Lipinski definition) is 1. The normalized spacial score (nSPS) is 29.3. The zero-order valence-corrected chi connectivity index (χ0v) is 10.5. The van der Waals surface area contributed by atoms with Gasteiger partial charge in [0.05, 0.1) is 17.3 Å². The Morgan fingerprint density at radius 3 is 3.12 bits per heavy atom. The summed E-state index contributed by atoms with van der Waals surface area (Å²) < 4.78 is 5.45. The Bertz CT molecular complexity index is 371. The molecular formula is C12H18N2OS. The van der Waals surface area contributed by atoms with Crippen molar-refractivity contribution in [3.05, 3.63) is 15.6 Å². The van der Waals surface area contributed by atoms with Gasteiger partial charge in [-0.1, -0.05) is 0 Å². The number of aromatic nitrogens is 1. The Kier molecular flexibility index (Phi) is 2.96. The van der Waals surface area contributed by atoms with E-state index in [-0.39, 0.29) is 0 Å². The van der Waals surface area contributed by atoms with Gasteiger partial charge in [0.2, 0.25) is 0 Å². The largest absolute Gasteiger partial charge is 0.381 e. The zero-order valence-electron chi connectivity index (χ0n) is 9.66. The molecule has 0 amide bonds. The first-order valence-electron chi connectivity index (χ1n) is 6.13. The molecule has 3 nitrogen and oxygen atoms in total. The van der Waals surface area contributed by atoms with Crippen LogP contribution in [0.5, 0.6) is 0 Å². The van der Waals surface area contributed by atoms with Gasteiger partial charge in [-0.05, 0) is 32.7 Å². The first kappa shape index (κ1) is 10.7. The maximum atomic E-state index is 5.45. The summed E-state index contributed by atoms with van der Waals surface area (Å²) in [4.78, 5) is 6.31. The molecule has 2 aliphatic rings. The summed E-state index contributed by atoms with van der Waals surface area (Å²) in [5, 5.41) is 4.71. The van der Waals surface area contributed by atoms with E-state index in [0.29, 0.717) is 12.0 Å². The van der Waals surface area contributed by atoms with Crippen LogP contribution in [-0.2, 0) is 11.2 Å². The van der Waals surface area contributed by atoms with Gasteiger partial charge in [-0.3, -0.25) is 0 Å². The summed E-state index contributed by atoms with van der Waals surface area (Å²) in [6, 6.07) is 0.539. The first-order chi connectivity index (χ1) is 7.88. The third-order valence-electron chi connectivity index (χ3n) is 3.59. The number of hydrogen-bond acceptors (Lipinski definition) is 4. The number of nitrogens with one attached hydrogen (secondary N) is 1. The highest BCUT2D eigenvalue weighted by atomic mass is 32.1. The molecule has 88 valence electrons. The van der Waals surface area contributed by atoms with Crippen molar-refractivity contribution in [2.75, 3.05) is 20.3 Å². The summed E-state index contributed by atoms with van der Waals surface area (Å²) >= 11 is 1.91. The molecule has 1 N–H and O–H groups in total. The van der Waals surface area contributed by atoms with E-state index in [2.05, 4.69) is 12.4 Å². The Morgan fingerprint density at radius 2 is 2.38 bits per heavy atom. The minimum Gasteiger partial charge on any atom is -0.381 e. The fourth-order valence-corrected chi connectivity index (χ4v) is 4.00. The monoisotopic (exact) mass is 238 g/mol. The van der Waals surface area contributed by atoms with Gasteiger partial charge in [0.25, 0.3) is 0 Å². The molecule has 1 aromatic heterocycles. The van der Waals surface area contributed by atoms with E-state index in [1.165, 1.54) is 28.4 Å². The molecule has 1 fully saturated rings. The van der Waals surface area contributed by atoms with Crippen LogP contribution < -0.4 is 5.32 Å². The number of thiazole rings is 1. The predicted octanol–water partition coefficient (Wildman–Crippen LogP) is 2.24. The fraction of sp³-hybridized carbons (Fsp3) is 0.750. The van der Waals surface area contributed by atoms with Crippen LogP contribution in [-0.4, -0.2) is 25.2 Å². The van der Waals surface area contributed by atoms with Gasteiger partial charge < -0.3 is 10.1 Å². The molecule has 0 spiro atoms. The number of fused-ring (bicyclic) bond motifs is 1. The van der Waals surface area contributed by atoms with Crippen LogP contribution in [0.3, 0.4) is 0 Å². The molecule has 1 saturated heterocycles. The summed E-state index contributed by atoms with van der Waals surface area (Å²) in [5.41, 5.74) is 1.34. The molecular weight excluding hydrogens is 220 g/mol. The van der Waals surface area contributed by atoms with Gasteiger partial charge >= 0.3 is 0 Å². The molecule has 4 heteroatoms. The van der Waals surface area contributed by atoms with Crippen LogP contribution >= 0.6 is 11.3 Å². The average Bonchev–Trinajstić information content (AvgIpc) is 2.96. The molecule has 0 radical (unpaired) electrons. The van der Waals surface area contributed by atoms with E-state index >= 15 is 0 Å². The van der Waals surface area contributed by atoms with E-state index < -0.39 is 0 Å². The molecule has 2 unspecified atom stereocenters. The van der Waals surface area contributed by atoms with Crippen molar-refractivity contribution in [3.63, 3.8) is 0 Å². The van der Waals surface area contributed by atoms with Crippen LogP contribution in [0.1, 0.15) is 46.8 Å². The van der Waals surface area contributed by atoms with Crippen LogP contribution in [0, 0.1) is 0 Å². The minimum atomic E-state index is 0.539. The zero-order chi connectivity index (χ0) is 11.0. The van der Waals surface area contributed by atoms with Crippen molar-refractivity contribution in [2.45, 2.75) is 37.6 Å². The molecule has 16 heavy (non-hydrogen) atoms. The van der Waals surface area contributed by atoms with Gasteiger partial charge in [0.1, 0.15) is 0 Å². The van der Waals surface area contributed by atoms with Crippen LogP contribution in [0.25, 0.3) is 0 Å². The Hall–Kier alpha value is -0.450. The van der Waals surface area contributed by atoms with Gasteiger partial charge in [0.15, 0.2) is 0 Å². The second-order valence-electron chi connectivity index (χ2n) is 4.66. The predicted molar refractivity (Wildman–Crippen MR) is 65.0 cm³/mol. The number of rotatable bonds is 2. The lowest BCUT2D eigenvalue weighted by atomic mass is 9.98. The van der Waals surface area contributed by atoms with E-state index in [1.807, 2.05) is 11.3 Å². The van der Waals surface area contributed by atoms with Crippen molar-refractivity contribution in [1.29, 1.82) is 0 Å². The van der Waals surface area contributed by atoms with Gasteiger partial charge in [-0.2, -0.15) is 0 Å². The molecule has 2 heterocycles. The maximum absolute atomic E-state index is 5.45. The number of aryl methyl sites for hydroxylation is 1. The van der Waals surface area contributed by atoms with Crippen molar-refractivity contribution in [1.82, 2.24) is 10.3 Å². The van der Waals surface area contributed by atoms with E-state index in [0.717, 1.165) is 26.1 Å². The Balaban J connectivity index is 1.89. The number of nitrogens with zero attached hydrogens (tertiary/aromatic N) is 1. The van der Waals surface area contributed by atoms with Gasteiger partial charge in [-0.25, -0.2) is 4.98 Å². The molecule has 3 rings (SSSR count). The number of ether oxygens (including phenoxy) is 1. The highest BCUT2D eigenvalue weighted by molar-refractivity contribution is 7.12. The third-order valence-corrected chi connectivity index (χ3v) is 4.97. The van der Waals surface area contributed by atoms with Gasteiger partial charge in [0, 0.05) is 23.4 Å². The first-order valence-corrected chi connectivity index (χ1v) is 6.94. The minimum absolute atomic E-state index is 0.539. The van der Waals surface area contributed by atoms with Crippen LogP contribution in [0.2, 0.25) is 0 Å². The van der Waals surface area contributed by atoms with Crippen LogP contribution in [0.15, 0.2) is 0 Å². The average molecular weight is 238 g/mol. The second kappa shape index (κ2) is 4.43. The highest BCUT2D eigenvalue weighted by Crippen LogP contribution is 2.38. The maximum Gasteiger partial charge on any atom is 0.0986 e. The molecule has 1 aliphatic carbocycles. The summed E-state index contributed by atoms with van der Waals surface area (Å²) in [5.74, 6) is 0.563. The standard InChI is InChI=1S/C12H18N2OS/c1-13-9-3-2-4-10-11(9)16-12(14-10)8-5-6-15-7-8/h8-9,13H,2-7H2,1H3. The SMILES string of the molecule is CNC1CCCc2nc(C3CCOC3)sc21. The topological polar surface area (TPSA) is 34.2 Å². The fourth-order valence-electron chi connectivity index (χ4n) is 2.62. The summed E-state index contributed by atoms with van der Waals surface area (Å²) in [7, 11) is 2.05. The van der Waals surface area contributed by atoms with Gasteiger partial charge in [-0.15, -0.1) is 11.3 Å². The van der Waals surface area contributed by atoms with E-state index in [4.69, 9.17) is 9.72 Å². The molecule has 1 aromatic rings. The molecule has 1 aliphatic heterocycles. The second-order valence-corrected chi connectivity index (χ2v) is 5.72. The quantitative estimate of drug-likeness (QED) is 0.858.